The lowest BCUT2D eigenvalue weighted by Crippen LogP contribution is -2.45. The fraction of sp³-hybridized carbons (Fsp3) is 0.258. The van der Waals surface area contributed by atoms with E-state index in [1.807, 2.05) is 79.5 Å². The Morgan fingerprint density at radius 3 is 2.34 bits per heavy atom. The molecule has 0 fully saturated rings. The van der Waals surface area contributed by atoms with Gasteiger partial charge in [0.1, 0.15) is 5.72 Å². The number of carbonyl (C=O) groups is 1. The smallest absolute Gasteiger partial charge is 0.339 e. The largest absolute Gasteiger partial charge is 0.449 e. The number of ether oxygens (including phenoxy) is 1. The molecule has 5 rings (SSSR count). The number of nitrogens with zero attached hydrogens (tertiary/aromatic N) is 1. The average Bonchev–Trinajstić information content (AvgIpc) is 3.19. The molecule has 178 valence electrons. The molecule has 0 aliphatic carbocycles. The molecule has 0 bridgehead atoms. The van der Waals surface area contributed by atoms with Crippen LogP contribution in [0.5, 0.6) is 0 Å². The molecule has 1 aliphatic rings. The van der Waals surface area contributed by atoms with Gasteiger partial charge in [-0.25, -0.2) is 4.79 Å². The topological polar surface area (TPSA) is 49.8 Å². The summed E-state index contributed by atoms with van der Waals surface area (Å²) in [4.78, 5) is 15.0. The molecular formula is C31H31NO3. The van der Waals surface area contributed by atoms with Crippen molar-refractivity contribution in [3.8, 4) is 11.1 Å². The first-order valence-corrected chi connectivity index (χ1v) is 12.1. The normalized spacial score (nSPS) is 16.7. The number of hydrogen-bond donors (Lipinski definition) is 1. The van der Waals surface area contributed by atoms with Crippen LogP contribution in [0.15, 0.2) is 84.9 Å². The van der Waals surface area contributed by atoms with Crippen LogP contribution in [0.2, 0.25) is 0 Å². The predicted molar refractivity (Wildman–Crippen MR) is 142 cm³/mol. The number of benzene rings is 4. The fourth-order valence-electron chi connectivity index (χ4n) is 5.25. The number of esters is 1. The molecule has 0 radical (unpaired) electrons. The monoisotopic (exact) mass is 465 g/mol. The first-order valence-electron chi connectivity index (χ1n) is 12.1. The molecule has 4 heteroatoms. The van der Waals surface area contributed by atoms with Gasteiger partial charge in [-0.3, -0.25) is 0 Å². The minimum absolute atomic E-state index is 0.317. The molecule has 1 N–H and O–H groups in total. The van der Waals surface area contributed by atoms with Gasteiger partial charge in [0.25, 0.3) is 0 Å². The van der Waals surface area contributed by atoms with Gasteiger partial charge < -0.3 is 14.7 Å². The summed E-state index contributed by atoms with van der Waals surface area (Å²) in [6.07, 6.45) is 0.0824. The lowest BCUT2D eigenvalue weighted by molar-refractivity contribution is 0.0394. The molecule has 0 aromatic heterocycles. The second kappa shape index (κ2) is 8.86. The Balaban J connectivity index is 1.73. The number of carbonyl (C=O) groups excluding carboxylic acids is 1. The molecule has 4 nitrogen and oxygen atoms in total. The van der Waals surface area contributed by atoms with E-state index in [9.17, 15) is 9.90 Å². The molecule has 0 saturated heterocycles. The van der Waals surface area contributed by atoms with Gasteiger partial charge in [0.05, 0.1) is 5.56 Å². The Morgan fingerprint density at radius 2 is 1.63 bits per heavy atom. The maximum Gasteiger partial charge on any atom is 0.339 e. The fourth-order valence-corrected chi connectivity index (χ4v) is 5.25. The van der Waals surface area contributed by atoms with Gasteiger partial charge >= 0.3 is 5.97 Å². The zero-order chi connectivity index (χ0) is 24.7. The van der Waals surface area contributed by atoms with Crippen molar-refractivity contribution >= 4 is 22.4 Å². The molecule has 2 unspecified atom stereocenters. The lowest BCUT2D eigenvalue weighted by atomic mass is 9.87. The van der Waals surface area contributed by atoms with Gasteiger partial charge in [0.15, 0.2) is 6.10 Å². The van der Waals surface area contributed by atoms with Gasteiger partial charge in [-0.1, -0.05) is 80.6 Å². The molecule has 1 heterocycles. The second-order valence-electron chi connectivity index (χ2n) is 10.1. The van der Waals surface area contributed by atoms with E-state index in [2.05, 4.69) is 38.1 Å². The first kappa shape index (κ1) is 23.1. The van der Waals surface area contributed by atoms with Crippen molar-refractivity contribution in [2.24, 2.45) is 5.92 Å². The number of hydrogen-bond acceptors (Lipinski definition) is 4. The molecule has 2 atom stereocenters. The van der Waals surface area contributed by atoms with Crippen LogP contribution >= 0.6 is 0 Å². The Hall–Kier alpha value is -3.63. The predicted octanol–water partition coefficient (Wildman–Crippen LogP) is 6.96. The summed E-state index contributed by atoms with van der Waals surface area (Å²) in [6, 6.07) is 28.2. The van der Waals surface area contributed by atoms with E-state index in [0.717, 1.165) is 38.7 Å². The highest BCUT2D eigenvalue weighted by Gasteiger charge is 2.38. The SMILES string of the molecule is CC(C)CC(C)(O)N(C)c1ccc2c(c1-c1ccccc1)C(c1ccc3ccccc3c1)OC2=O. The van der Waals surface area contributed by atoms with Crippen molar-refractivity contribution < 1.29 is 14.6 Å². The van der Waals surface area contributed by atoms with Crippen molar-refractivity contribution in [3.63, 3.8) is 0 Å². The van der Waals surface area contributed by atoms with Gasteiger partial charge in [0.2, 0.25) is 0 Å². The summed E-state index contributed by atoms with van der Waals surface area (Å²) in [7, 11) is 1.92. The maximum atomic E-state index is 13.0. The number of aliphatic hydroxyl groups is 1. The number of anilines is 1. The van der Waals surface area contributed by atoms with Gasteiger partial charge in [-0.2, -0.15) is 0 Å². The van der Waals surface area contributed by atoms with Crippen LogP contribution in [0.4, 0.5) is 5.69 Å². The molecular weight excluding hydrogens is 434 g/mol. The summed E-state index contributed by atoms with van der Waals surface area (Å²) in [5, 5.41) is 13.6. The number of fused-ring (bicyclic) bond motifs is 2. The Bertz CT molecular complexity index is 1390. The van der Waals surface area contributed by atoms with Crippen LogP contribution in [-0.2, 0) is 4.74 Å². The minimum Gasteiger partial charge on any atom is -0.449 e. The second-order valence-corrected chi connectivity index (χ2v) is 10.1. The van der Waals surface area contributed by atoms with E-state index >= 15 is 0 Å². The van der Waals surface area contributed by atoms with E-state index in [-0.39, 0.29) is 5.97 Å². The molecule has 35 heavy (non-hydrogen) atoms. The molecule has 0 saturated carbocycles. The molecule has 1 aliphatic heterocycles. The number of cyclic esters (lactones) is 1. The molecule has 0 amide bonds. The first-order chi connectivity index (χ1) is 16.8. The third-order valence-corrected chi connectivity index (χ3v) is 6.95. The van der Waals surface area contributed by atoms with Crippen LogP contribution in [0.25, 0.3) is 21.9 Å². The van der Waals surface area contributed by atoms with Gasteiger partial charge in [-0.15, -0.1) is 0 Å². The van der Waals surface area contributed by atoms with Crippen molar-refractivity contribution in [2.45, 2.75) is 39.0 Å². The summed E-state index contributed by atoms with van der Waals surface area (Å²) >= 11 is 0. The average molecular weight is 466 g/mol. The quantitative estimate of drug-likeness (QED) is 0.247. The highest BCUT2D eigenvalue weighted by Crippen LogP contribution is 2.47. The van der Waals surface area contributed by atoms with Crippen LogP contribution in [0.3, 0.4) is 0 Å². The Labute approximate surface area is 206 Å². The minimum atomic E-state index is -1.06. The van der Waals surface area contributed by atoms with Crippen molar-refractivity contribution in [3.05, 3.63) is 102 Å². The van der Waals surface area contributed by atoms with Crippen LogP contribution in [-0.4, -0.2) is 23.8 Å². The van der Waals surface area contributed by atoms with Gasteiger partial charge in [-0.05, 0) is 59.4 Å². The van der Waals surface area contributed by atoms with Crippen molar-refractivity contribution in [1.29, 1.82) is 0 Å². The highest BCUT2D eigenvalue weighted by molar-refractivity contribution is 6.00. The summed E-state index contributed by atoms with van der Waals surface area (Å²) < 4.78 is 5.99. The third kappa shape index (κ3) is 4.19. The lowest BCUT2D eigenvalue weighted by Gasteiger charge is -2.38. The zero-order valence-corrected chi connectivity index (χ0v) is 20.7. The van der Waals surface area contributed by atoms with Crippen LogP contribution in [0, 0.1) is 5.92 Å². The van der Waals surface area contributed by atoms with Crippen LogP contribution < -0.4 is 4.90 Å². The van der Waals surface area contributed by atoms with E-state index in [4.69, 9.17) is 4.74 Å². The maximum absolute atomic E-state index is 13.0. The highest BCUT2D eigenvalue weighted by atomic mass is 16.5. The van der Waals surface area contributed by atoms with E-state index in [0.29, 0.717) is 17.9 Å². The van der Waals surface area contributed by atoms with Crippen molar-refractivity contribution in [2.75, 3.05) is 11.9 Å². The zero-order valence-electron chi connectivity index (χ0n) is 20.7. The van der Waals surface area contributed by atoms with E-state index < -0.39 is 11.8 Å². The Morgan fingerprint density at radius 1 is 0.943 bits per heavy atom. The van der Waals surface area contributed by atoms with Gasteiger partial charge in [0, 0.05) is 23.9 Å². The molecule has 4 aromatic rings. The van der Waals surface area contributed by atoms with E-state index in [1.54, 1.807) is 0 Å². The Kier molecular flexibility index (Phi) is 5.86. The summed E-state index contributed by atoms with van der Waals surface area (Å²) in [5.41, 5.74) is 4.05. The number of rotatable bonds is 6. The summed E-state index contributed by atoms with van der Waals surface area (Å²) in [6.45, 7) is 6.05. The summed E-state index contributed by atoms with van der Waals surface area (Å²) in [5.74, 6) is -0.00389. The van der Waals surface area contributed by atoms with E-state index in [1.165, 1.54) is 0 Å². The standard InChI is InChI=1S/C31H31NO3/c1-20(2)19-31(3,34)32(4)26-17-16-25-28(27(26)22-11-6-5-7-12-22)29(35-30(25)33)24-15-14-21-10-8-9-13-23(21)18-24/h5-18,20,29,34H,19H2,1-4H3. The van der Waals surface area contributed by atoms with Crippen molar-refractivity contribution in [1.82, 2.24) is 0 Å². The van der Waals surface area contributed by atoms with Crippen LogP contribution in [0.1, 0.15) is 54.8 Å². The molecule has 0 spiro atoms. The third-order valence-electron chi connectivity index (χ3n) is 6.95. The molecule has 4 aromatic carbocycles.